The lowest BCUT2D eigenvalue weighted by Crippen LogP contribution is -2.30. The molecule has 0 aliphatic carbocycles. The summed E-state index contributed by atoms with van der Waals surface area (Å²) in [7, 11) is 1.58. The van der Waals surface area contributed by atoms with Crippen molar-refractivity contribution in [1.29, 1.82) is 0 Å². The molecule has 0 atom stereocenters. The van der Waals surface area contributed by atoms with E-state index in [0.29, 0.717) is 18.0 Å². The van der Waals surface area contributed by atoms with Crippen LogP contribution in [0.15, 0.2) is 30.5 Å². The van der Waals surface area contributed by atoms with Crippen LogP contribution >= 0.6 is 0 Å². The number of rotatable bonds is 7. The summed E-state index contributed by atoms with van der Waals surface area (Å²) in [6, 6.07) is 7.28. The first-order valence-corrected chi connectivity index (χ1v) is 8.33. The lowest BCUT2D eigenvalue weighted by Gasteiger charge is -2.11. The van der Waals surface area contributed by atoms with Crippen LogP contribution < -0.4 is 14.8 Å². The summed E-state index contributed by atoms with van der Waals surface area (Å²) in [6.07, 6.45) is 6.33. The summed E-state index contributed by atoms with van der Waals surface area (Å²) in [5.41, 5.74) is 1.04. The van der Waals surface area contributed by atoms with Gasteiger partial charge in [-0.25, -0.2) is 4.98 Å². The Morgan fingerprint density at radius 1 is 1.29 bits per heavy atom. The lowest BCUT2D eigenvalue weighted by molar-refractivity contribution is -0.123. The maximum Gasteiger partial charge on any atom is 0.257 e. The molecule has 0 saturated heterocycles. The first-order chi connectivity index (χ1) is 11.8. The molecule has 6 heteroatoms. The van der Waals surface area contributed by atoms with Crippen molar-refractivity contribution in [2.45, 2.75) is 32.2 Å². The van der Waals surface area contributed by atoms with Crippen molar-refractivity contribution in [3.8, 4) is 11.5 Å². The average molecular weight is 329 g/mol. The van der Waals surface area contributed by atoms with Gasteiger partial charge < -0.3 is 19.4 Å². The Kier molecular flexibility index (Phi) is 5.36. The highest BCUT2D eigenvalue weighted by Crippen LogP contribution is 2.25. The van der Waals surface area contributed by atoms with Crippen molar-refractivity contribution in [2.24, 2.45) is 0 Å². The molecular weight excluding hydrogens is 306 g/mol. The molecular formula is C18H23N3O3. The quantitative estimate of drug-likeness (QED) is 0.843. The molecule has 0 fully saturated rings. The Balaban J connectivity index is 1.42. The minimum Gasteiger partial charge on any atom is -0.493 e. The maximum absolute atomic E-state index is 11.9. The van der Waals surface area contributed by atoms with Crippen LogP contribution in [-0.4, -0.2) is 35.7 Å². The predicted molar refractivity (Wildman–Crippen MR) is 90.4 cm³/mol. The van der Waals surface area contributed by atoms with E-state index in [0.717, 1.165) is 25.1 Å². The molecule has 1 aliphatic heterocycles. The molecule has 6 nitrogen and oxygen atoms in total. The van der Waals surface area contributed by atoms with Gasteiger partial charge in [0.2, 0.25) is 0 Å². The van der Waals surface area contributed by atoms with E-state index in [1.807, 2.05) is 12.1 Å². The Morgan fingerprint density at radius 3 is 2.92 bits per heavy atom. The van der Waals surface area contributed by atoms with E-state index >= 15 is 0 Å². The molecule has 24 heavy (non-hydrogen) atoms. The molecule has 2 heterocycles. The summed E-state index contributed by atoms with van der Waals surface area (Å²) < 4.78 is 12.9. The Labute approximate surface area is 141 Å². The summed E-state index contributed by atoms with van der Waals surface area (Å²) in [5, 5.41) is 2.87. The van der Waals surface area contributed by atoms with Crippen molar-refractivity contribution < 1.29 is 14.3 Å². The summed E-state index contributed by atoms with van der Waals surface area (Å²) in [4.78, 5) is 16.5. The molecule has 0 spiro atoms. The number of nitrogens with one attached hydrogen (secondary N) is 1. The fourth-order valence-corrected chi connectivity index (χ4v) is 2.85. The SMILES string of the molecule is COc1ccccc1OCC(=O)NCCc1cn2c(n1)CCCC2. The van der Waals surface area contributed by atoms with Crippen LogP contribution in [0.4, 0.5) is 0 Å². The number of aromatic nitrogens is 2. The fourth-order valence-electron chi connectivity index (χ4n) is 2.85. The van der Waals surface area contributed by atoms with Gasteiger partial charge in [0.15, 0.2) is 18.1 Å². The first-order valence-electron chi connectivity index (χ1n) is 8.33. The number of nitrogens with zero attached hydrogens (tertiary/aromatic N) is 2. The standard InChI is InChI=1S/C18H23N3O3/c1-23-15-6-2-3-7-16(15)24-13-18(22)19-10-9-14-12-21-11-5-4-8-17(21)20-14/h2-3,6-7,12H,4-5,8-11,13H2,1H3,(H,19,22). The molecule has 0 unspecified atom stereocenters. The van der Waals surface area contributed by atoms with Gasteiger partial charge in [-0.05, 0) is 25.0 Å². The minimum atomic E-state index is -0.148. The maximum atomic E-state index is 11.9. The molecule has 0 radical (unpaired) electrons. The monoisotopic (exact) mass is 329 g/mol. The normalized spacial score (nSPS) is 13.2. The summed E-state index contributed by atoms with van der Waals surface area (Å²) in [5.74, 6) is 2.21. The summed E-state index contributed by atoms with van der Waals surface area (Å²) >= 11 is 0. The van der Waals surface area contributed by atoms with Crippen molar-refractivity contribution >= 4 is 5.91 Å². The third kappa shape index (κ3) is 4.07. The van der Waals surface area contributed by atoms with Crippen LogP contribution in [0.5, 0.6) is 11.5 Å². The van der Waals surface area contributed by atoms with Crippen LogP contribution in [0.25, 0.3) is 0 Å². The highest BCUT2D eigenvalue weighted by molar-refractivity contribution is 5.77. The molecule has 1 aromatic carbocycles. The topological polar surface area (TPSA) is 65.4 Å². The van der Waals surface area contributed by atoms with Gasteiger partial charge in [0, 0.05) is 32.1 Å². The number of aryl methyl sites for hydroxylation is 2. The van der Waals surface area contributed by atoms with Gasteiger partial charge in [0.25, 0.3) is 5.91 Å². The van der Waals surface area contributed by atoms with E-state index < -0.39 is 0 Å². The average Bonchev–Trinajstić information content (AvgIpc) is 3.03. The van der Waals surface area contributed by atoms with E-state index in [-0.39, 0.29) is 12.5 Å². The number of hydrogen-bond acceptors (Lipinski definition) is 4. The second-order valence-electron chi connectivity index (χ2n) is 5.84. The zero-order valence-corrected chi connectivity index (χ0v) is 14.0. The molecule has 1 amide bonds. The third-order valence-corrected chi connectivity index (χ3v) is 4.09. The molecule has 2 aromatic rings. The molecule has 0 bridgehead atoms. The minimum absolute atomic E-state index is 0.0277. The number of amides is 1. The van der Waals surface area contributed by atoms with Crippen LogP contribution in [0, 0.1) is 0 Å². The van der Waals surface area contributed by atoms with E-state index in [1.54, 1.807) is 19.2 Å². The molecule has 128 valence electrons. The molecule has 1 N–H and O–H groups in total. The van der Waals surface area contributed by atoms with Crippen molar-refractivity contribution in [2.75, 3.05) is 20.3 Å². The second-order valence-corrected chi connectivity index (χ2v) is 5.84. The highest BCUT2D eigenvalue weighted by Gasteiger charge is 2.12. The van der Waals surface area contributed by atoms with E-state index in [1.165, 1.54) is 18.7 Å². The number of imidazole rings is 1. The zero-order chi connectivity index (χ0) is 16.8. The predicted octanol–water partition coefficient (Wildman–Crippen LogP) is 1.97. The smallest absolute Gasteiger partial charge is 0.257 e. The molecule has 3 rings (SSSR count). The van der Waals surface area contributed by atoms with Gasteiger partial charge in [-0.1, -0.05) is 12.1 Å². The molecule has 1 aliphatic rings. The first kappa shape index (κ1) is 16.4. The van der Waals surface area contributed by atoms with Gasteiger partial charge in [0.05, 0.1) is 12.8 Å². The fraction of sp³-hybridized carbons (Fsp3) is 0.444. The lowest BCUT2D eigenvalue weighted by atomic mass is 10.2. The van der Waals surface area contributed by atoms with E-state index in [2.05, 4.69) is 21.1 Å². The number of fused-ring (bicyclic) bond motifs is 1. The number of para-hydroxylation sites is 2. The van der Waals surface area contributed by atoms with Gasteiger partial charge in [-0.3, -0.25) is 4.79 Å². The Morgan fingerprint density at radius 2 is 2.12 bits per heavy atom. The van der Waals surface area contributed by atoms with Crippen LogP contribution in [0.1, 0.15) is 24.4 Å². The van der Waals surface area contributed by atoms with Gasteiger partial charge >= 0.3 is 0 Å². The number of methoxy groups -OCH3 is 1. The largest absolute Gasteiger partial charge is 0.493 e. The number of carbonyl (C=O) groups excluding carboxylic acids is 1. The van der Waals surface area contributed by atoms with Crippen LogP contribution in [0.2, 0.25) is 0 Å². The Hall–Kier alpha value is -2.50. The number of carbonyl (C=O) groups is 1. The molecule has 1 aromatic heterocycles. The second kappa shape index (κ2) is 7.86. The molecule has 0 saturated carbocycles. The zero-order valence-electron chi connectivity index (χ0n) is 14.0. The van der Waals surface area contributed by atoms with Crippen LogP contribution in [-0.2, 0) is 24.2 Å². The highest BCUT2D eigenvalue weighted by atomic mass is 16.5. The third-order valence-electron chi connectivity index (χ3n) is 4.09. The summed E-state index contributed by atoms with van der Waals surface area (Å²) in [6.45, 7) is 1.59. The number of hydrogen-bond donors (Lipinski definition) is 1. The van der Waals surface area contributed by atoms with Crippen molar-refractivity contribution in [3.63, 3.8) is 0 Å². The van der Waals surface area contributed by atoms with Crippen LogP contribution in [0.3, 0.4) is 0 Å². The van der Waals surface area contributed by atoms with E-state index in [9.17, 15) is 4.79 Å². The van der Waals surface area contributed by atoms with Crippen molar-refractivity contribution in [3.05, 3.63) is 42.0 Å². The van der Waals surface area contributed by atoms with Gasteiger partial charge in [-0.2, -0.15) is 0 Å². The van der Waals surface area contributed by atoms with Gasteiger partial charge in [-0.15, -0.1) is 0 Å². The van der Waals surface area contributed by atoms with E-state index in [4.69, 9.17) is 9.47 Å². The Bertz CT molecular complexity index is 673. The number of ether oxygens (including phenoxy) is 2. The van der Waals surface area contributed by atoms with Crippen molar-refractivity contribution in [1.82, 2.24) is 14.9 Å². The number of benzene rings is 1. The van der Waals surface area contributed by atoms with Gasteiger partial charge in [0.1, 0.15) is 5.82 Å².